The van der Waals surface area contributed by atoms with Crippen molar-refractivity contribution in [1.29, 1.82) is 5.26 Å². The van der Waals surface area contributed by atoms with Gasteiger partial charge >= 0.3 is 0 Å². The van der Waals surface area contributed by atoms with Crippen molar-refractivity contribution in [3.8, 4) is 11.8 Å². The summed E-state index contributed by atoms with van der Waals surface area (Å²) in [6, 6.07) is 14.0. The average Bonchev–Trinajstić information content (AvgIpc) is 2.74. The highest BCUT2D eigenvalue weighted by molar-refractivity contribution is 5.50. The summed E-state index contributed by atoms with van der Waals surface area (Å²) < 4.78 is 35.5. The Morgan fingerprint density at radius 1 is 1.21 bits per heavy atom. The first-order valence-electron chi connectivity index (χ1n) is 9.27. The van der Waals surface area contributed by atoms with Crippen molar-refractivity contribution in [3.63, 3.8) is 0 Å². The molecule has 2 aromatic carbocycles. The van der Waals surface area contributed by atoms with Crippen LogP contribution in [0.4, 0.5) is 10.1 Å². The molecule has 0 aromatic heterocycles. The van der Waals surface area contributed by atoms with Crippen LogP contribution in [-0.2, 0) is 20.8 Å². The number of hydrogen-bond donors (Lipinski definition) is 1. The molecule has 0 amide bonds. The number of methoxy groups -OCH3 is 1. The second-order valence-corrected chi connectivity index (χ2v) is 6.64. The van der Waals surface area contributed by atoms with Gasteiger partial charge in [0, 0.05) is 18.8 Å². The minimum absolute atomic E-state index is 0.144. The number of ether oxygens (including phenoxy) is 4. The Hall–Kier alpha value is -2.70. The van der Waals surface area contributed by atoms with Crippen LogP contribution in [0.15, 0.2) is 42.5 Å². The Balaban J connectivity index is 1.67. The lowest BCUT2D eigenvalue weighted by molar-refractivity contribution is -0.312. The van der Waals surface area contributed by atoms with E-state index >= 15 is 0 Å². The van der Waals surface area contributed by atoms with Gasteiger partial charge in [0.25, 0.3) is 6.48 Å². The van der Waals surface area contributed by atoms with E-state index < -0.39 is 12.3 Å². The Kier molecular flexibility index (Phi) is 7.38. The molecule has 0 aliphatic carbocycles. The Labute approximate surface area is 169 Å². The highest BCUT2D eigenvalue weighted by atomic mass is 19.1. The number of halogens is 1. The molecule has 0 atom stereocenters. The normalized spacial score (nSPS) is 18.8. The molecule has 2 aromatic rings. The van der Waals surface area contributed by atoms with E-state index in [2.05, 4.69) is 6.07 Å². The summed E-state index contributed by atoms with van der Waals surface area (Å²) >= 11 is 0. The summed E-state index contributed by atoms with van der Waals surface area (Å²) in [5.41, 5.74) is 7.95. The summed E-state index contributed by atoms with van der Waals surface area (Å²) in [6.07, 6.45) is 0. The van der Waals surface area contributed by atoms with Crippen LogP contribution in [0, 0.1) is 17.1 Å². The zero-order valence-electron chi connectivity index (χ0n) is 16.2. The highest BCUT2D eigenvalue weighted by Crippen LogP contribution is 2.22. The van der Waals surface area contributed by atoms with E-state index in [0.29, 0.717) is 38.5 Å². The molecule has 8 heteroatoms. The van der Waals surface area contributed by atoms with Gasteiger partial charge in [0.2, 0.25) is 0 Å². The number of rotatable bonds is 8. The molecule has 2 N–H and O–H groups in total. The summed E-state index contributed by atoms with van der Waals surface area (Å²) in [5.74, 6) is -0.215. The first-order chi connectivity index (χ1) is 14.1. The number of nitriles is 1. The first-order valence-corrected chi connectivity index (χ1v) is 9.27. The van der Waals surface area contributed by atoms with Gasteiger partial charge in [-0.2, -0.15) is 5.26 Å². The topological polar surface area (TPSA) is 90.0 Å². The van der Waals surface area contributed by atoms with Gasteiger partial charge in [-0.15, -0.1) is 0 Å². The Bertz CT molecular complexity index is 833. The third-order valence-electron chi connectivity index (χ3n) is 4.46. The van der Waals surface area contributed by atoms with E-state index in [-0.39, 0.29) is 11.8 Å². The number of nitrogens with zero attached hydrogens (tertiary/aromatic N) is 2. The summed E-state index contributed by atoms with van der Waals surface area (Å²) in [4.78, 5) is 2.02. The van der Waals surface area contributed by atoms with Crippen molar-refractivity contribution < 1.29 is 23.3 Å². The fourth-order valence-corrected chi connectivity index (χ4v) is 2.93. The molecule has 1 aliphatic heterocycles. The molecule has 3 rings (SSSR count). The number of hydrogen-bond acceptors (Lipinski definition) is 7. The van der Waals surface area contributed by atoms with E-state index in [1.165, 1.54) is 13.2 Å². The second-order valence-electron chi connectivity index (χ2n) is 6.64. The predicted molar refractivity (Wildman–Crippen MR) is 105 cm³/mol. The van der Waals surface area contributed by atoms with E-state index in [1.54, 1.807) is 18.2 Å². The molecule has 0 bridgehead atoms. The van der Waals surface area contributed by atoms with Crippen molar-refractivity contribution in [2.24, 2.45) is 5.73 Å². The molecule has 29 heavy (non-hydrogen) atoms. The van der Waals surface area contributed by atoms with Crippen LogP contribution in [0.5, 0.6) is 5.75 Å². The maximum atomic E-state index is 14.1. The molecule has 1 fully saturated rings. The second kappa shape index (κ2) is 10.2. The number of benzene rings is 2. The van der Waals surface area contributed by atoms with E-state index in [1.807, 2.05) is 23.1 Å². The molecular weight excluding hydrogens is 377 g/mol. The lowest BCUT2D eigenvalue weighted by Gasteiger charge is -2.29. The zero-order valence-corrected chi connectivity index (χ0v) is 16.2. The van der Waals surface area contributed by atoms with Crippen molar-refractivity contribution in [2.45, 2.75) is 19.1 Å². The van der Waals surface area contributed by atoms with E-state index in [9.17, 15) is 4.39 Å². The van der Waals surface area contributed by atoms with Crippen molar-refractivity contribution >= 4 is 5.69 Å². The zero-order chi connectivity index (χ0) is 20.6. The third-order valence-corrected chi connectivity index (χ3v) is 4.46. The van der Waals surface area contributed by atoms with Crippen LogP contribution in [0.25, 0.3) is 0 Å². The lowest BCUT2D eigenvalue weighted by atomic mass is 10.1. The fraction of sp³-hybridized carbons (Fsp3) is 0.381. The molecular formula is C21H24FN3O4. The van der Waals surface area contributed by atoms with Gasteiger partial charge < -0.3 is 29.6 Å². The monoisotopic (exact) mass is 401 g/mol. The molecule has 1 saturated heterocycles. The lowest BCUT2D eigenvalue weighted by Crippen LogP contribution is -2.42. The molecule has 1 heterocycles. The standard InChI is InChI=1S/C21H24FN3O4/c1-26-20-7-4-16(10-19(20)22)12-25(18-5-2-15(11-23)3-6-18)8-9-27-21-28-13-17(24)14-29-21/h2-7,10,17,21H,8-9,12-14,24H2,1H3. The molecule has 154 valence electrons. The van der Waals surface area contributed by atoms with Crippen molar-refractivity contribution in [2.75, 3.05) is 38.4 Å². The molecule has 0 radical (unpaired) electrons. The highest BCUT2D eigenvalue weighted by Gasteiger charge is 2.20. The van der Waals surface area contributed by atoms with E-state index in [0.717, 1.165) is 11.3 Å². The fourth-order valence-electron chi connectivity index (χ4n) is 2.93. The quantitative estimate of drug-likeness (QED) is 0.726. The van der Waals surface area contributed by atoms with E-state index in [4.69, 9.17) is 29.9 Å². The summed E-state index contributed by atoms with van der Waals surface area (Å²) in [6.45, 7) is 1.32. The van der Waals surface area contributed by atoms with Crippen molar-refractivity contribution in [3.05, 3.63) is 59.4 Å². The molecule has 7 nitrogen and oxygen atoms in total. The third kappa shape index (κ3) is 5.89. The smallest absolute Gasteiger partial charge is 0.271 e. The molecule has 0 spiro atoms. The molecule has 1 aliphatic rings. The van der Waals surface area contributed by atoms with Crippen LogP contribution in [0.2, 0.25) is 0 Å². The SMILES string of the molecule is COc1ccc(CN(CCOC2OCC(N)CO2)c2ccc(C#N)cc2)cc1F. The maximum absolute atomic E-state index is 14.1. The van der Waals surface area contributed by atoms with Crippen LogP contribution in [0.3, 0.4) is 0 Å². The van der Waals surface area contributed by atoms with Gasteiger partial charge in [-0.1, -0.05) is 6.07 Å². The van der Waals surface area contributed by atoms with Gasteiger partial charge in [-0.05, 0) is 42.0 Å². The summed E-state index contributed by atoms with van der Waals surface area (Å²) in [7, 11) is 1.43. The van der Waals surface area contributed by atoms with Gasteiger partial charge in [0.05, 0.1) is 44.6 Å². The molecule has 0 unspecified atom stereocenters. The Morgan fingerprint density at radius 3 is 2.55 bits per heavy atom. The largest absolute Gasteiger partial charge is 0.494 e. The first kappa shape index (κ1) is 21.0. The predicted octanol–water partition coefficient (Wildman–Crippen LogP) is 2.39. The summed E-state index contributed by atoms with van der Waals surface area (Å²) in [5, 5.41) is 9.01. The van der Waals surface area contributed by atoms with Gasteiger partial charge in [0.15, 0.2) is 11.6 Å². The molecule has 0 saturated carbocycles. The van der Waals surface area contributed by atoms with Gasteiger partial charge in [-0.25, -0.2) is 4.39 Å². The van der Waals surface area contributed by atoms with Crippen LogP contribution in [0.1, 0.15) is 11.1 Å². The Morgan fingerprint density at radius 2 is 1.93 bits per heavy atom. The average molecular weight is 401 g/mol. The maximum Gasteiger partial charge on any atom is 0.271 e. The van der Waals surface area contributed by atoms with Crippen LogP contribution < -0.4 is 15.4 Å². The minimum atomic E-state index is -0.740. The van der Waals surface area contributed by atoms with Crippen LogP contribution in [-0.4, -0.2) is 46.0 Å². The van der Waals surface area contributed by atoms with Crippen LogP contribution >= 0.6 is 0 Å². The van der Waals surface area contributed by atoms with Crippen molar-refractivity contribution in [1.82, 2.24) is 0 Å². The number of anilines is 1. The van der Waals surface area contributed by atoms with Gasteiger partial charge in [0.1, 0.15) is 0 Å². The van der Waals surface area contributed by atoms with Gasteiger partial charge in [-0.3, -0.25) is 0 Å². The minimum Gasteiger partial charge on any atom is -0.494 e. The number of nitrogens with two attached hydrogens (primary N) is 1.